The fourth-order valence-corrected chi connectivity index (χ4v) is 2.24. The van der Waals surface area contributed by atoms with Crippen molar-refractivity contribution < 1.29 is 17.9 Å². The van der Waals surface area contributed by atoms with Gasteiger partial charge in [0.1, 0.15) is 5.82 Å². The maximum Gasteiger partial charge on any atom is 0.209 e. The summed E-state index contributed by atoms with van der Waals surface area (Å²) in [7, 11) is -1.66. The van der Waals surface area contributed by atoms with Crippen molar-refractivity contribution >= 4 is 10.0 Å². The first-order valence-electron chi connectivity index (χ1n) is 5.90. The highest BCUT2D eigenvalue weighted by atomic mass is 32.2. The molecule has 0 radical (unpaired) electrons. The maximum absolute atomic E-state index is 12.7. The Hall–Kier alpha value is -1.02. The number of nitrogens with two attached hydrogens (primary N) is 1. The summed E-state index contributed by atoms with van der Waals surface area (Å²) in [4.78, 5) is 1.80. The van der Waals surface area contributed by atoms with E-state index in [2.05, 4.69) is 0 Å². The van der Waals surface area contributed by atoms with Crippen LogP contribution in [0.4, 0.5) is 4.39 Å². The van der Waals surface area contributed by atoms with Crippen molar-refractivity contribution in [1.29, 1.82) is 0 Å². The zero-order chi connectivity index (χ0) is 14.5. The van der Waals surface area contributed by atoms with Crippen molar-refractivity contribution in [3.63, 3.8) is 0 Å². The second-order valence-electron chi connectivity index (χ2n) is 4.55. The number of benzene rings is 1. The minimum atomic E-state index is -3.44. The van der Waals surface area contributed by atoms with Gasteiger partial charge in [-0.1, -0.05) is 12.1 Å². The van der Waals surface area contributed by atoms with Gasteiger partial charge in [-0.05, 0) is 37.7 Å². The lowest BCUT2D eigenvalue weighted by atomic mass is 10.1. The number of hydrogen-bond donors (Lipinski definition) is 2. The molecular formula is C12H19FN2O3S. The van der Waals surface area contributed by atoms with Gasteiger partial charge in [0.25, 0.3) is 0 Å². The summed E-state index contributed by atoms with van der Waals surface area (Å²) in [5.41, 5.74) is 0.625. The average Bonchev–Trinajstić information content (AvgIpc) is 2.27. The Balaban J connectivity index is 2.39. The molecule has 0 unspecified atom stereocenters. The molecule has 0 saturated carbocycles. The molecule has 3 N–H and O–H groups in total. The van der Waals surface area contributed by atoms with E-state index in [0.717, 1.165) is 0 Å². The summed E-state index contributed by atoms with van der Waals surface area (Å²) in [6.07, 6.45) is -0.328. The van der Waals surface area contributed by atoms with Gasteiger partial charge in [-0.3, -0.25) is 0 Å². The number of halogens is 1. The van der Waals surface area contributed by atoms with Crippen molar-refractivity contribution in [2.45, 2.75) is 12.5 Å². The van der Waals surface area contributed by atoms with E-state index in [0.29, 0.717) is 25.1 Å². The average molecular weight is 290 g/mol. The van der Waals surface area contributed by atoms with E-state index in [-0.39, 0.29) is 11.6 Å². The van der Waals surface area contributed by atoms with Crippen LogP contribution in [0.15, 0.2) is 24.3 Å². The van der Waals surface area contributed by atoms with Crippen LogP contribution in [0.5, 0.6) is 0 Å². The molecule has 0 aliphatic rings. The topological polar surface area (TPSA) is 83.6 Å². The Labute approximate surface area is 112 Å². The fraction of sp³-hybridized carbons (Fsp3) is 0.500. The van der Waals surface area contributed by atoms with Gasteiger partial charge < -0.3 is 10.0 Å². The van der Waals surface area contributed by atoms with Gasteiger partial charge in [0.15, 0.2) is 0 Å². The predicted octanol–water partition coefficient (Wildman–Crippen LogP) is 0.470. The number of likely N-dealkylation sites (N-methyl/N-ethyl adjacent to an activating group) is 1. The summed E-state index contributed by atoms with van der Waals surface area (Å²) >= 11 is 0. The third kappa shape index (κ3) is 6.63. The van der Waals surface area contributed by atoms with Gasteiger partial charge in [-0.15, -0.1) is 0 Å². The van der Waals surface area contributed by atoms with Crippen molar-refractivity contribution in [3.05, 3.63) is 35.6 Å². The molecule has 0 aliphatic heterocycles. The number of sulfonamides is 1. The van der Waals surface area contributed by atoms with Crippen LogP contribution in [0.25, 0.3) is 0 Å². The molecule has 5 nitrogen and oxygen atoms in total. The molecule has 7 heteroatoms. The largest absolute Gasteiger partial charge is 0.387 e. The molecular weight excluding hydrogens is 271 g/mol. The van der Waals surface area contributed by atoms with Crippen LogP contribution < -0.4 is 5.14 Å². The number of primary sulfonamides is 1. The SMILES string of the molecule is CN(CCCS(N)(=O)=O)C[C@H](O)c1ccc(F)cc1. The first kappa shape index (κ1) is 16.0. The molecule has 1 aromatic rings. The van der Waals surface area contributed by atoms with E-state index >= 15 is 0 Å². The Morgan fingerprint density at radius 2 is 1.95 bits per heavy atom. The molecule has 1 atom stereocenters. The lowest BCUT2D eigenvalue weighted by Crippen LogP contribution is -2.28. The normalized spacial score (nSPS) is 13.7. The molecule has 108 valence electrons. The monoisotopic (exact) mass is 290 g/mol. The third-order valence-corrected chi connectivity index (χ3v) is 3.57. The van der Waals surface area contributed by atoms with E-state index < -0.39 is 16.1 Å². The van der Waals surface area contributed by atoms with Crippen LogP contribution in [0.2, 0.25) is 0 Å². The van der Waals surface area contributed by atoms with Crippen molar-refractivity contribution in [3.8, 4) is 0 Å². The highest BCUT2D eigenvalue weighted by Gasteiger charge is 2.11. The lowest BCUT2D eigenvalue weighted by molar-refractivity contribution is 0.127. The summed E-state index contributed by atoms with van der Waals surface area (Å²) in [6.45, 7) is 0.852. The van der Waals surface area contributed by atoms with Gasteiger partial charge in [-0.25, -0.2) is 17.9 Å². The summed E-state index contributed by atoms with van der Waals surface area (Å²) in [5.74, 6) is -0.429. The van der Waals surface area contributed by atoms with E-state index in [4.69, 9.17) is 5.14 Å². The van der Waals surface area contributed by atoms with Crippen LogP contribution in [-0.2, 0) is 10.0 Å². The van der Waals surface area contributed by atoms with Crippen LogP contribution in [-0.4, -0.2) is 44.3 Å². The van der Waals surface area contributed by atoms with Crippen LogP contribution in [0.3, 0.4) is 0 Å². The minimum Gasteiger partial charge on any atom is -0.387 e. The molecule has 0 aliphatic carbocycles. The summed E-state index contributed by atoms with van der Waals surface area (Å²) < 4.78 is 34.3. The molecule has 0 heterocycles. The lowest BCUT2D eigenvalue weighted by Gasteiger charge is -2.20. The zero-order valence-electron chi connectivity index (χ0n) is 10.8. The molecule has 1 aromatic carbocycles. The van der Waals surface area contributed by atoms with E-state index in [1.165, 1.54) is 24.3 Å². The van der Waals surface area contributed by atoms with Gasteiger partial charge in [0, 0.05) is 6.54 Å². The third-order valence-electron chi connectivity index (χ3n) is 2.71. The maximum atomic E-state index is 12.7. The molecule has 0 fully saturated rings. The molecule has 0 spiro atoms. The standard InChI is InChI=1S/C12H19FN2O3S/c1-15(7-2-8-19(14,17)18)9-12(16)10-3-5-11(13)6-4-10/h3-6,12,16H,2,7-9H2,1H3,(H2,14,17,18)/t12-/m0/s1. The van der Waals surface area contributed by atoms with Crippen LogP contribution in [0.1, 0.15) is 18.1 Å². The summed E-state index contributed by atoms with van der Waals surface area (Å²) in [6, 6.07) is 5.63. The van der Waals surface area contributed by atoms with Gasteiger partial charge in [-0.2, -0.15) is 0 Å². The van der Waals surface area contributed by atoms with Crippen molar-refractivity contribution in [1.82, 2.24) is 4.90 Å². The fourth-order valence-electron chi connectivity index (χ4n) is 1.71. The molecule has 0 aromatic heterocycles. The van der Waals surface area contributed by atoms with Crippen LogP contribution in [0, 0.1) is 5.82 Å². The Morgan fingerprint density at radius 3 is 2.47 bits per heavy atom. The molecule has 0 saturated heterocycles. The van der Waals surface area contributed by atoms with Gasteiger partial charge in [0.05, 0.1) is 11.9 Å². The molecule has 1 rings (SSSR count). The van der Waals surface area contributed by atoms with Crippen molar-refractivity contribution in [2.24, 2.45) is 5.14 Å². The molecule has 0 amide bonds. The van der Waals surface area contributed by atoms with E-state index in [1.807, 2.05) is 0 Å². The Kier molecular flexibility index (Phi) is 5.86. The van der Waals surface area contributed by atoms with Crippen molar-refractivity contribution in [2.75, 3.05) is 25.9 Å². The number of rotatable bonds is 7. The number of aliphatic hydroxyl groups is 1. The second kappa shape index (κ2) is 6.95. The number of hydrogen-bond acceptors (Lipinski definition) is 4. The molecule has 19 heavy (non-hydrogen) atoms. The second-order valence-corrected chi connectivity index (χ2v) is 6.28. The Morgan fingerprint density at radius 1 is 1.37 bits per heavy atom. The highest BCUT2D eigenvalue weighted by Crippen LogP contribution is 2.14. The molecule has 0 bridgehead atoms. The zero-order valence-corrected chi connectivity index (χ0v) is 11.6. The quantitative estimate of drug-likeness (QED) is 0.764. The Bertz CT molecular complexity index is 490. The van der Waals surface area contributed by atoms with Gasteiger partial charge in [0.2, 0.25) is 10.0 Å². The summed E-state index contributed by atoms with van der Waals surface area (Å²) in [5, 5.41) is 14.8. The van der Waals surface area contributed by atoms with E-state index in [9.17, 15) is 17.9 Å². The first-order chi connectivity index (χ1) is 8.78. The van der Waals surface area contributed by atoms with Gasteiger partial charge >= 0.3 is 0 Å². The minimum absolute atomic E-state index is 0.0794. The smallest absolute Gasteiger partial charge is 0.209 e. The first-order valence-corrected chi connectivity index (χ1v) is 7.62. The predicted molar refractivity (Wildman–Crippen MR) is 71.4 cm³/mol. The highest BCUT2D eigenvalue weighted by molar-refractivity contribution is 7.89. The number of nitrogens with zero attached hydrogens (tertiary/aromatic N) is 1. The number of aliphatic hydroxyl groups excluding tert-OH is 1. The van der Waals surface area contributed by atoms with Crippen LogP contribution >= 0.6 is 0 Å². The van der Waals surface area contributed by atoms with E-state index in [1.54, 1.807) is 11.9 Å².